The molecule has 6 rings (SSSR count). The first-order valence-corrected chi connectivity index (χ1v) is 10.6. The summed E-state index contributed by atoms with van der Waals surface area (Å²) in [5.74, 6) is 0.240. The Balaban J connectivity index is 2.08. The molecule has 0 aliphatic heterocycles. The first-order chi connectivity index (χ1) is 14.4. The second-order valence-electron chi connectivity index (χ2n) is 9.02. The minimum atomic E-state index is -0.195. The van der Waals surface area contributed by atoms with Gasteiger partial charge in [-0.05, 0) is 66.1 Å². The maximum absolute atomic E-state index is 14.7. The molecular weight excluding hydrogens is 371 g/mol. The van der Waals surface area contributed by atoms with E-state index >= 15 is 0 Å². The fraction of sp³-hybridized carbons (Fsp3) is 0.222. The lowest BCUT2D eigenvalue weighted by molar-refractivity contribution is -0.643. The normalized spacial score (nSPS) is 12.6. The van der Waals surface area contributed by atoms with E-state index in [-0.39, 0.29) is 5.82 Å². The number of fused-ring (bicyclic) bond motifs is 5. The number of pyridine rings is 2. The topological polar surface area (TPSA) is 8.29 Å². The van der Waals surface area contributed by atoms with Gasteiger partial charge in [-0.2, -0.15) is 0 Å². The van der Waals surface area contributed by atoms with Crippen LogP contribution in [0.15, 0.2) is 48.7 Å². The number of aryl methyl sites for hydroxylation is 3. The van der Waals surface area contributed by atoms with E-state index in [0.717, 1.165) is 21.8 Å². The van der Waals surface area contributed by atoms with Crippen LogP contribution >= 0.6 is 0 Å². The van der Waals surface area contributed by atoms with Gasteiger partial charge < -0.3 is 4.40 Å². The molecule has 0 saturated carbocycles. The van der Waals surface area contributed by atoms with Crippen molar-refractivity contribution < 1.29 is 8.96 Å². The lowest BCUT2D eigenvalue weighted by atomic mass is 9.96. The summed E-state index contributed by atoms with van der Waals surface area (Å²) < 4.78 is 19.2. The summed E-state index contributed by atoms with van der Waals surface area (Å²) in [6.07, 6.45) is 2.05. The Morgan fingerprint density at radius 2 is 1.70 bits per heavy atom. The Kier molecular flexibility index (Phi) is 3.35. The lowest BCUT2D eigenvalue weighted by Gasteiger charge is -2.14. The predicted octanol–water partition coefficient (Wildman–Crippen LogP) is 6.69. The van der Waals surface area contributed by atoms with Crippen LogP contribution in [0.4, 0.5) is 4.39 Å². The van der Waals surface area contributed by atoms with Gasteiger partial charge >= 0.3 is 0 Å². The zero-order valence-corrected chi connectivity index (χ0v) is 18.0. The summed E-state index contributed by atoms with van der Waals surface area (Å²) in [6.45, 7) is 8.83. The molecule has 30 heavy (non-hydrogen) atoms. The van der Waals surface area contributed by atoms with Crippen molar-refractivity contribution in [3.05, 3.63) is 71.2 Å². The van der Waals surface area contributed by atoms with Gasteiger partial charge in [0.25, 0.3) is 0 Å². The van der Waals surface area contributed by atoms with Gasteiger partial charge in [0.15, 0.2) is 6.20 Å². The van der Waals surface area contributed by atoms with Gasteiger partial charge in [-0.15, -0.1) is 0 Å². The van der Waals surface area contributed by atoms with Gasteiger partial charge in [-0.3, -0.25) is 0 Å². The molecule has 0 spiro atoms. The molecule has 2 nitrogen and oxygen atoms in total. The molecule has 148 valence electrons. The number of nitrogens with zero attached hydrogens (tertiary/aromatic N) is 2. The summed E-state index contributed by atoms with van der Waals surface area (Å²) >= 11 is 0. The Bertz CT molecular complexity index is 1650. The fourth-order valence-corrected chi connectivity index (χ4v) is 5.24. The quantitative estimate of drug-likeness (QED) is 0.166. The van der Waals surface area contributed by atoms with Gasteiger partial charge in [0.2, 0.25) is 5.52 Å². The van der Waals surface area contributed by atoms with E-state index in [0.29, 0.717) is 5.92 Å². The predicted molar refractivity (Wildman–Crippen MR) is 123 cm³/mol. The molecular formula is C27H24FN2+. The molecule has 3 aromatic heterocycles. The SMILES string of the molecule is Cc1cc2c3ccc(C(C)C)cc3n3c4cc(F)cc5cc[n+](C)c(c(c1C)c23)c54. The number of hydrogen-bond donors (Lipinski definition) is 0. The van der Waals surface area contributed by atoms with E-state index < -0.39 is 0 Å². The minimum Gasteiger partial charge on any atom is -0.307 e. The highest BCUT2D eigenvalue weighted by molar-refractivity contribution is 6.26. The molecule has 0 fully saturated rings. The van der Waals surface area contributed by atoms with Crippen molar-refractivity contribution in [1.82, 2.24) is 4.40 Å². The molecule has 0 aliphatic rings. The van der Waals surface area contributed by atoms with E-state index in [1.165, 1.54) is 43.9 Å². The number of rotatable bonds is 1. The van der Waals surface area contributed by atoms with E-state index in [4.69, 9.17) is 0 Å². The van der Waals surface area contributed by atoms with Crippen LogP contribution in [-0.4, -0.2) is 4.40 Å². The molecule has 3 heteroatoms. The summed E-state index contributed by atoms with van der Waals surface area (Å²) in [5, 5.41) is 5.80. The number of hydrogen-bond acceptors (Lipinski definition) is 0. The Labute approximate surface area is 174 Å². The summed E-state index contributed by atoms with van der Waals surface area (Å²) in [6, 6.07) is 14.4. The fourth-order valence-electron chi connectivity index (χ4n) is 5.24. The maximum atomic E-state index is 14.7. The van der Waals surface area contributed by atoms with Crippen molar-refractivity contribution in [3.8, 4) is 0 Å². The van der Waals surface area contributed by atoms with Gasteiger partial charge in [-0.25, -0.2) is 8.96 Å². The van der Waals surface area contributed by atoms with Crippen LogP contribution in [0.2, 0.25) is 0 Å². The molecule has 0 unspecified atom stereocenters. The van der Waals surface area contributed by atoms with Crippen LogP contribution < -0.4 is 4.57 Å². The Morgan fingerprint density at radius 1 is 0.900 bits per heavy atom. The van der Waals surface area contributed by atoms with Crippen molar-refractivity contribution in [1.29, 1.82) is 0 Å². The molecule has 0 radical (unpaired) electrons. The van der Waals surface area contributed by atoms with Crippen molar-refractivity contribution in [2.24, 2.45) is 7.05 Å². The van der Waals surface area contributed by atoms with Crippen LogP contribution in [0, 0.1) is 19.7 Å². The molecule has 6 aromatic rings. The molecule has 0 N–H and O–H groups in total. The van der Waals surface area contributed by atoms with Gasteiger partial charge in [0.1, 0.15) is 12.9 Å². The third-order valence-electron chi connectivity index (χ3n) is 6.92. The zero-order chi connectivity index (χ0) is 20.9. The summed E-state index contributed by atoms with van der Waals surface area (Å²) in [5.41, 5.74) is 8.33. The smallest absolute Gasteiger partial charge is 0.224 e. The molecule has 0 aliphatic carbocycles. The number of benzene rings is 3. The summed E-state index contributed by atoms with van der Waals surface area (Å²) in [7, 11) is 2.09. The molecule has 0 bridgehead atoms. The van der Waals surface area contributed by atoms with Crippen LogP contribution in [0.1, 0.15) is 36.5 Å². The number of halogens is 1. The van der Waals surface area contributed by atoms with Crippen molar-refractivity contribution in [2.45, 2.75) is 33.6 Å². The van der Waals surface area contributed by atoms with Crippen LogP contribution in [-0.2, 0) is 7.05 Å². The minimum absolute atomic E-state index is 0.195. The lowest BCUT2D eigenvalue weighted by Crippen LogP contribution is -2.29. The largest absolute Gasteiger partial charge is 0.307 e. The maximum Gasteiger partial charge on any atom is 0.224 e. The average Bonchev–Trinajstić information content (AvgIpc) is 3.03. The zero-order valence-electron chi connectivity index (χ0n) is 18.0. The van der Waals surface area contributed by atoms with Gasteiger partial charge in [-0.1, -0.05) is 26.0 Å². The van der Waals surface area contributed by atoms with Crippen molar-refractivity contribution in [3.63, 3.8) is 0 Å². The molecule has 0 atom stereocenters. The van der Waals surface area contributed by atoms with E-state index in [2.05, 4.69) is 68.0 Å². The standard InChI is InChI=1S/C27H24FN2/c1-14(2)17-6-7-20-21-10-15(3)16(4)24-26(21)30(22(20)12-17)23-13-19(28)11-18-8-9-29(5)27(24)25(18)23/h6-14H,1-5H3/q+1. The van der Waals surface area contributed by atoms with Crippen LogP contribution in [0.3, 0.4) is 0 Å². The van der Waals surface area contributed by atoms with Gasteiger partial charge in [0, 0.05) is 16.8 Å². The second-order valence-corrected chi connectivity index (χ2v) is 9.02. The van der Waals surface area contributed by atoms with Gasteiger partial charge in [0.05, 0.1) is 27.3 Å². The highest BCUT2D eigenvalue weighted by Gasteiger charge is 2.25. The first-order valence-electron chi connectivity index (χ1n) is 10.6. The second kappa shape index (κ2) is 5.69. The Morgan fingerprint density at radius 3 is 2.47 bits per heavy atom. The number of aromatic nitrogens is 2. The first kappa shape index (κ1) is 17.6. The van der Waals surface area contributed by atoms with Crippen LogP contribution in [0.25, 0.3) is 49.0 Å². The average molecular weight is 396 g/mol. The van der Waals surface area contributed by atoms with E-state index in [1.807, 2.05) is 12.3 Å². The third kappa shape index (κ3) is 2.05. The van der Waals surface area contributed by atoms with E-state index in [1.54, 1.807) is 12.1 Å². The molecule has 0 amide bonds. The molecule has 3 heterocycles. The monoisotopic (exact) mass is 395 g/mol. The van der Waals surface area contributed by atoms with E-state index in [9.17, 15) is 4.39 Å². The van der Waals surface area contributed by atoms with Crippen molar-refractivity contribution >= 4 is 49.0 Å². The summed E-state index contributed by atoms with van der Waals surface area (Å²) in [4.78, 5) is 0. The molecule has 0 saturated heterocycles. The van der Waals surface area contributed by atoms with Crippen molar-refractivity contribution in [2.75, 3.05) is 0 Å². The highest BCUT2D eigenvalue weighted by Crippen LogP contribution is 2.42. The Hall–Kier alpha value is -3.20. The molecule has 3 aromatic carbocycles. The highest BCUT2D eigenvalue weighted by atomic mass is 19.1. The third-order valence-corrected chi connectivity index (χ3v) is 6.92. The van der Waals surface area contributed by atoms with Crippen LogP contribution in [0.5, 0.6) is 0 Å².